The summed E-state index contributed by atoms with van der Waals surface area (Å²) in [5.41, 5.74) is -0.0784. The molecule has 3 aromatic carbocycles. The van der Waals surface area contributed by atoms with E-state index in [4.69, 9.17) is 9.47 Å². The number of carbonyl (C=O) groups is 1. The zero-order chi connectivity index (χ0) is 23.4. The van der Waals surface area contributed by atoms with Gasteiger partial charge in [0.2, 0.25) is 9.84 Å². The molecule has 1 unspecified atom stereocenters. The topological polar surface area (TPSA) is 102 Å². The van der Waals surface area contributed by atoms with Gasteiger partial charge in [-0.3, -0.25) is 4.79 Å². The Kier molecular flexibility index (Phi) is 5.15. The lowest BCUT2D eigenvalue weighted by Crippen LogP contribution is -2.71. The van der Waals surface area contributed by atoms with Crippen LogP contribution in [-0.2, 0) is 25.8 Å². The summed E-state index contributed by atoms with van der Waals surface area (Å²) in [6.07, 6.45) is -0.204. The minimum absolute atomic E-state index is 0.137. The second-order valence-electron chi connectivity index (χ2n) is 8.65. The molecule has 0 amide bonds. The summed E-state index contributed by atoms with van der Waals surface area (Å²) in [5.74, 6) is -0.748. The highest BCUT2D eigenvalue weighted by Gasteiger charge is 2.59. The number of halogens is 1. The summed E-state index contributed by atoms with van der Waals surface area (Å²) in [5, 5.41) is 13.5. The predicted octanol–water partition coefficient (Wildman–Crippen LogP) is 3.43. The van der Waals surface area contributed by atoms with E-state index in [0.717, 1.165) is 0 Å². The first kappa shape index (κ1) is 21.8. The number of sulfone groups is 1. The number of hydrogen-bond donors (Lipinski definition) is 2. The molecule has 3 aromatic rings. The van der Waals surface area contributed by atoms with E-state index in [0.29, 0.717) is 53.1 Å². The highest BCUT2D eigenvalue weighted by molar-refractivity contribution is 7.92. The highest BCUT2D eigenvalue weighted by Crippen LogP contribution is 2.44. The second kappa shape index (κ2) is 7.79. The van der Waals surface area contributed by atoms with Crippen molar-refractivity contribution in [2.24, 2.45) is 5.41 Å². The number of rotatable bonds is 6. The summed E-state index contributed by atoms with van der Waals surface area (Å²) >= 11 is 0. The summed E-state index contributed by atoms with van der Waals surface area (Å²) < 4.78 is 51.4. The molecule has 9 heteroatoms. The fourth-order valence-electron chi connectivity index (χ4n) is 4.43. The average Bonchev–Trinajstić information content (AvgIpc) is 2.69. The van der Waals surface area contributed by atoms with Gasteiger partial charge in [-0.1, -0.05) is 12.1 Å². The maximum absolute atomic E-state index is 14.0. The molecule has 0 aromatic heterocycles. The molecule has 2 aliphatic rings. The van der Waals surface area contributed by atoms with Crippen LogP contribution in [0.2, 0.25) is 0 Å². The van der Waals surface area contributed by atoms with Crippen molar-refractivity contribution >= 4 is 26.6 Å². The van der Waals surface area contributed by atoms with Crippen molar-refractivity contribution < 1.29 is 32.2 Å². The molecule has 0 aliphatic carbocycles. The molecule has 33 heavy (non-hydrogen) atoms. The van der Waals surface area contributed by atoms with Crippen LogP contribution in [0.4, 0.5) is 4.39 Å². The molecule has 2 heterocycles. The molecule has 1 spiro atoms. The van der Waals surface area contributed by atoms with Crippen LogP contribution in [0.25, 0.3) is 10.8 Å². The van der Waals surface area contributed by atoms with Crippen LogP contribution in [-0.4, -0.2) is 44.6 Å². The molecule has 2 fully saturated rings. The van der Waals surface area contributed by atoms with Crippen LogP contribution in [0.15, 0.2) is 53.4 Å². The standard InChI is InChI=1S/C24H22FNO6S/c1-14-16(9-21(27)28)8-15-2-3-17(25)10-20(15)22(14)32-18-4-6-19(7-5-18)33(29,30)23-24(13-31-23)11-26-12-24/h2-8,10,23,26H,9,11-13H2,1H3,(H,27,28). The van der Waals surface area contributed by atoms with E-state index in [1.54, 1.807) is 19.1 Å². The van der Waals surface area contributed by atoms with E-state index in [-0.39, 0.29) is 16.7 Å². The Balaban J connectivity index is 1.48. The minimum Gasteiger partial charge on any atom is -0.481 e. The van der Waals surface area contributed by atoms with Crippen molar-refractivity contribution in [1.29, 1.82) is 0 Å². The Hall–Kier alpha value is -3.01. The number of carboxylic acid groups (broad SMARTS) is 1. The van der Waals surface area contributed by atoms with Crippen LogP contribution >= 0.6 is 0 Å². The van der Waals surface area contributed by atoms with Gasteiger partial charge in [0.1, 0.15) is 17.3 Å². The first-order valence-electron chi connectivity index (χ1n) is 10.5. The fraction of sp³-hybridized carbons (Fsp3) is 0.292. The van der Waals surface area contributed by atoms with Crippen LogP contribution < -0.4 is 10.1 Å². The molecule has 2 aliphatic heterocycles. The summed E-state index contributed by atoms with van der Waals surface area (Å²) in [4.78, 5) is 11.4. The first-order chi connectivity index (χ1) is 15.7. The Labute approximate surface area is 190 Å². The Morgan fingerprint density at radius 2 is 1.94 bits per heavy atom. The number of ether oxygens (including phenoxy) is 2. The Morgan fingerprint density at radius 1 is 1.21 bits per heavy atom. The lowest BCUT2D eigenvalue weighted by molar-refractivity contribution is -0.166. The predicted molar refractivity (Wildman–Crippen MR) is 119 cm³/mol. The third-order valence-electron chi connectivity index (χ3n) is 6.38. The molecular weight excluding hydrogens is 449 g/mol. The lowest BCUT2D eigenvalue weighted by Gasteiger charge is -2.54. The van der Waals surface area contributed by atoms with Gasteiger partial charge in [0, 0.05) is 18.5 Å². The normalized spacial score (nSPS) is 19.2. The average molecular weight is 472 g/mol. The maximum atomic E-state index is 14.0. The van der Waals surface area contributed by atoms with E-state index in [9.17, 15) is 22.7 Å². The molecule has 1 atom stereocenters. The zero-order valence-corrected chi connectivity index (χ0v) is 18.6. The van der Waals surface area contributed by atoms with Crippen molar-refractivity contribution in [2.75, 3.05) is 19.7 Å². The molecular formula is C24H22FNO6S. The van der Waals surface area contributed by atoms with Gasteiger partial charge < -0.3 is 19.9 Å². The molecule has 2 N–H and O–H groups in total. The smallest absolute Gasteiger partial charge is 0.307 e. The molecule has 0 bridgehead atoms. The Bertz CT molecular complexity index is 1360. The van der Waals surface area contributed by atoms with Gasteiger partial charge in [-0.05, 0) is 59.8 Å². The molecule has 0 radical (unpaired) electrons. The van der Waals surface area contributed by atoms with E-state index in [1.165, 1.54) is 36.4 Å². The first-order valence-corrected chi connectivity index (χ1v) is 12.0. The van der Waals surface area contributed by atoms with Gasteiger partial charge in [0.15, 0.2) is 5.44 Å². The van der Waals surface area contributed by atoms with E-state index < -0.39 is 27.1 Å². The summed E-state index contributed by atoms with van der Waals surface area (Å²) in [6, 6.07) is 11.9. The van der Waals surface area contributed by atoms with Crippen LogP contribution in [0, 0.1) is 18.2 Å². The monoisotopic (exact) mass is 471 g/mol. The van der Waals surface area contributed by atoms with E-state index in [1.807, 2.05) is 0 Å². The van der Waals surface area contributed by atoms with Crippen molar-refractivity contribution in [2.45, 2.75) is 23.7 Å². The van der Waals surface area contributed by atoms with E-state index in [2.05, 4.69) is 5.32 Å². The third kappa shape index (κ3) is 3.66. The fourth-order valence-corrected chi connectivity index (χ4v) is 6.34. The summed E-state index contributed by atoms with van der Waals surface area (Å²) in [6.45, 7) is 3.39. The molecule has 5 rings (SSSR count). The number of hydrogen-bond acceptors (Lipinski definition) is 6. The molecule has 2 saturated heterocycles. The number of nitrogens with one attached hydrogen (secondary N) is 1. The molecule has 7 nitrogen and oxygen atoms in total. The SMILES string of the molecule is Cc1c(CC(=O)O)cc2ccc(F)cc2c1Oc1ccc(S(=O)(=O)C2OCC23CNC3)cc1. The van der Waals surface area contributed by atoms with Crippen LogP contribution in [0.1, 0.15) is 11.1 Å². The highest BCUT2D eigenvalue weighted by atomic mass is 32.2. The van der Waals surface area contributed by atoms with Gasteiger partial charge in [0.05, 0.1) is 23.3 Å². The number of fused-ring (bicyclic) bond motifs is 1. The van der Waals surface area contributed by atoms with E-state index >= 15 is 0 Å². The largest absolute Gasteiger partial charge is 0.481 e. The third-order valence-corrected chi connectivity index (χ3v) is 8.51. The van der Waals surface area contributed by atoms with Crippen LogP contribution in [0.5, 0.6) is 11.5 Å². The molecule has 0 saturated carbocycles. The van der Waals surface area contributed by atoms with Gasteiger partial charge in [0.25, 0.3) is 0 Å². The van der Waals surface area contributed by atoms with Gasteiger partial charge in [-0.25, -0.2) is 12.8 Å². The quantitative estimate of drug-likeness (QED) is 0.568. The maximum Gasteiger partial charge on any atom is 0.307 e. The summed E-state index contributed by atoms with van der Waals surface area (Å²) in [7, 11) is -3.66. The van der Waals surface area contributed by atoms with Gasteiger partial charge >= 0.3 is 5.97 Å². The lowest BCUT2D eigenvalue weighted by atomic mass is 9.80. The Morgan fingerprint density at radius 3 is 2.52 bits per heavy atom. The van der Waals surface area contributed by atoms with Gasteiger partial charge in [-0.2, -0.15) is 0 Å². The zero-order valence-electron chi connectivity index (χ0n) is 17.8. The van der Waals surface area contributed by atoms with Crippen molar-refractivity contribution in [3.05, 3.63) is 65.5 Å². The van der Waals surface area contributed by atoms with Gasteiger partial charge in [-0.15, -0.1) is 0 Å². The van der Waals surface area contributed by atoms with Crippen molar-refractivity contribution in [1.82, 2.24) is 5.32 Å². The number of aliphatic carboxylic acids is 1. The van der Waals surface area contributed by atoms with Crippen molar-refractivity contribution in [3.63, 3.8) is 0 Å². The number of benzene rings is 3. The van der Waals surface area contributed by atoms with Crippen molar-refractivity contribution in [3.8, 4) is 11.5 Å². The second-order valence-corrected chi connectivity index (χ2v) is 10.6. The van der Waals surface area contributed by atoms with Crippen LogP contribution in [0.3, 0.4) is 0 Å². The molecule has 172 valence electrons. The number of carboxylic acids is 1. The minimum atomic E-state index is -3.66.